The lowest BCUT2D eigenvalue weighted by atomic mass is 10.1. The molecule has 0 spiro atoms. The molecule has 5 N–H and O–H groups in total. The van der Waals surface area contributed by atoms with Gasteiger partial charge in [0, 0.05) is 12.7 Å². The molecule has 1 unspecified atom stereocenters. The van der Waals surface area contributed by atoms with Crippen molar-refractivity contribution in [1.29, 1.82) is 0 Å². The van der Waals surface area contributed by atoms with Crippen molar-refractivity contribution >= 4 is 11.6 Å². The van der Waals surface area contributed by atoms with Crippen LogP contribution in [-0.4, -0.2) is 61.7 Å². The molecule has 33 heavy (non-hydrogen) atoms. The quantitative estimate of drug-likeness (QED) is 0.350. The van der Waals surface area contributed by atoms with Crippen LogP contribution >= 0.6 is 0 Å². The number of hydrogen-bond donors (Lipinski definition) is 4. The van der Waals surface area contributed by atoms with E-state index >= 15 is 0 Å². The number of ether oxygens (including phenoxy) is 1. The van der Waals surface area contributed by atoms with E-state index in [9.17, 15) is 28.0 Å². The van der Waals surface area contributed by atoms with Crippen LogP contribution in [0.15, 0.2) is 39.0 Å². The number of anilines is 1. The van der Waals surface area contributed by atoms with Crippen molar-refractivity contribution in [2.75, 3.05) is 24.6 Å². The van der Waals surface area contributed by atoms with Crippen LogP contribution in [0.25, 0.3) is 11.3 Å². The largest absolute Gasteiger partial charge is 0.476 e. The van der Waals surface area contributed by atoms with Gasteiger partial charge < -0.3 is 20.4 Å². The van der Waals surface area contributed by atoms with Gasteiger partial charge in [-0.1, -0.05) is 0 Å². The Morgan fingerprint density at radius 2 is 2.03 bits per heavy atom. The number of nitrogens with one attached hydrogen (secondary N) is 3. The zero-order valence-electron chi connectivity index (χ0n) is 16.7. The molecule has 1 saturated heterocycles. The third-order valence-corrected chi connectivity index (χ3v) is 4.97. The lowest BCUT2D eigenvalue weighted by Gasteiger charge is -2.17. The van der Waals surface area contributed by atoms with Gasteiger partial charge in [-0.25, -0.2) is 28.6 Å². The first kappa shape index (κ1) is 21.8. The zero-order chi connectivity index (χ0) is 23.8. The predicted octanol–water partition coefficient (Wildman–Crippen LogP) is -1.15. The Hall–Kier alpha value is -4.43. The molecule has 3 aromatic heterocycles. The van der Waals surface area contributed by atoms with Crippen LogP contribution in [0.3, 0.4) is 0 Å². The van der Waals surface area contributed by atoms with E-state index in [0.717, 1.165) is 23.5 Å². The lowest BCUT2D eigenvalue weighted by molar-refractivity contribution is -0.0359. The summed E-state index contributed by atoms with van der Waals surface area (Å²) >= 11 is 0. The first-order valence-corrected chi connectivity index (χ1v) is 9.43. The second-order valence-corrected chi connectivity index (χ2v) is 7.21. The minimum absolute atomic E-state index is 0.0186. The summed E-state index contributed by atoms with van der Waals surface area (Å²) < 4.78 is 34.6. The normalized spacial score (nSPS) is 17.2. The number of carbonyl (C=O) groups is 1. The number of amides is 1. The van der Waals surface area contributed by atoms with Gasteiger partial charge in [0.15, 0.2) is 0 Å². The lowest BCUT2D eigenvalue weighted by Crippen LogP contribution is -2.32. The number of halogens is 2. The van der Waals surface area contributed by atoms with Crippen molar-refractivity contribution < 1.29 is 18.3 Å². The van der Waals surface area contributed by atoms with Crippen molar-refractivity contribution in [2.45, 2.75) is 5.92 Å². The maximum atomic E-state index is 14.6. The fourth-order valence-electron chi connectivity index (χ4n) is 3.28. The molecule has 1 fully saturated rings. The molecule has 0 radical (unpaired) electrons. The second kappa shape index (κ2) is 8.25. The summed E-state index contributed by atoms with van der Waals surface area (Å²) in [6, 6.07) is 1.19. The number of rotatable bonds is 6. The van der Waals surface area contributed by atoms with E-state index in [-0.39, 0.29) is 35.1 Å². The van der Waals surface area contributed by atoms with Crippen molar-refractivity contribution in [3.05, 3.63) is 61.5 Å². The summed E-state index contributed by atoms with van der Waals surface area (Å²) in [7, 11) is 0. The Kier molecular flexibility index (Phi) is 5.45. The molecule has 1 amide bonds. The molecule has 1 aliphatic heterocycles. The van der Waals surface area contributed by atoms with E-state index in [1.54, 1.807) is 0 Å². The van der Waals surface area contributed by atoms with E-state index in [1.165, 1.54) is 6.07 Å². The van der Waals surface area contributed by atoms with Crippen LogP contribution in [0.4, 0.5) is 14.5 Å². The fourth-order valence-corrected chi connectivity index (χ4v) is 3.28. The average Bonchev–Trinajstić information content (AvgIpc) is 3.07. The second-order valence-electron chi connectivity index (χ2n) is 7.21. The summed E-state index contributed by atoms with van der Waals surface area (Å²) in [5.41, 5.74) is 2.53. The number of carbonyl (C=O) groups excluding carboxylic acids is 1. The molecular formula is C18H16F2N8O5. The topological polar surface area (TPSA) is 193 Å². The van der Waals surface area contributed by atoms with Crippen LogP contribution < -0.4 is 32.2 Å². The molecule has 13 nitrogen and oxygen atoms in total. The maximum absolute atomic E-state index is 14.6. The van der Waals surface area contributed by atoms with Crippen LogP contribution in [0.5, 0.6) is 5.88 Å². The van der Waals surface area contributed by atoms with Gasteiger partial charge >= 0.3 is 5.69 Å². The smallest absolute Gasteiger partial charge is 0.325 e. The molecule has 4 rings (SSSR count). The Balaban J connectivity index is 1.53. The molecule has 4 heterocycles. The van der Waals surface area contributed by atoms with Gasteiger partial charge in [0.05, 0.1) is 36.1 Å². The summed E-state index contributed by atoms with van der Waals surface area (Å²) in [4.78, 5) is 59.5. The van der Waals surface area contributed by atoms with Gasteiger partial charge in [0.25, 0.3) is 22.9 Å². The highest BCUT2D eigenvalue weighted by molar-refractivity contribution is 5.90. The third kappa shape index (κ3) is 4.46. The fraction of sp³-hybridized carbons (Fsp3) is 0.278. The number of aromatic amines is 3. The molecule has 3 aromatic rings. The van der Waals surface area contributed by atoms with E-state index in [0.29, 0.717) is 0 Å². The molecule has 0 bridgehead atoms. The number of hydrogen-bond acceptors (Lipinski definition) is 9. The molecule has 1 aliphatic rings. The highest BCUT2D eigenvalue weighted by atomic mass is 19.3. The number of nitrogens with zero attached hydrogens (tertiary/aromatic N) is 4. The standard InChI is InChI=1S/C18H16F2N8O5/c19-18(20)7-28(5-8(18)6-33-13-4-22-11(3-23-13)14(21)29)12-1-10(26-27-16(12)31)9-2-24-17(32)25-15(9)30/h1-4,8H,5-7H2,(H2,21,29)(H,27,31)(H2,24,25,30,32). The Morgan fingerprint density at radius 1 is 1.24 bits per heavy atom. The Labute approximate surface area is 181 Å². The first-order valence-electron chi connectivity index (χ1n) is 9.43. The van der Waals surface area contributed by atoms with Gasteiger partial charge in [0.1, 0.15) is 18.0 Å². The van der Waals surface area contributed by atoms with Gasteiger partial charge in [-0.15, -0.1) is 0 Å². The van der Waals surface area contributed by atoms with Crippen molar-refractivity contribution in [2.24, 2.45) is 11.7 Å². The molecule has 1 atom stereocenters. The van der Waals surface area contributed by atoms with E-state index in [2.05, 4.69) is 25.1 Å². The summed E-state index contributed by atoms with van der Waals surface area (Å²) in [5, 5.41) is 5.93. The van der Waals surface area contributed by atoms with Crippen molar-refractivity contribution in [3.8, 4) is 17.1 Å². The Bertz CT molecular complexity index is 1370. The van der Waals surface area contributed by atoms with Gasteiger partial charge in [-0.2, -0.15) is 5.10 Å². The highest BCUT2D eigenvalue weighted by Crippen LogP contribution is 2.35. The predicted molar refractivity (Wildman–Crippen MR) is 108 cm³/mol. The van der Waals surface area contributed by atoms with E-state index < -0.39 is 47.7 Å². The molecule has 0 aromatic carbocycles. The van der Waals surface area contributed by atoms with Crippen LogP contribution in [0.1, 0.15) is 10.5 Å². The van der Waals surface area contributed by atoms with Gasteiger partial charge in [-0.05, 0) is 6.07 Å². The number of H-pyrrole nitrogens is 3. The summed E-state index contributed by atoms with van der Waals surface area (Å²) in [6.07, 6.45) is 3.26. The first-order chi connectivity index (χ1) is 15.6. The molecule has 0 aliphatic carbocycles. The van der Waals surface area contributed by atoms with Crippen molar-refractivity contribution in [1.82, 2.24) is 30.1 Å². The van der Waals surface area contributed by atoms with Crippen LogP contribution in [0.2, 0.25) is 0 Å². The molecule has 0 saturated carbocycles. The van der Waals surface area contributed by atoms with Gasteiger partial charge in [-0.3, -0.25) is 19.4 Å². The monoisotopic (exact) mass is 462 g/mol. The minimum atomic E-state index is -3.22. The number of aromatic nitrogens is 6. The molecular weight excluding hydrogens is 446 g/mol. The maximum Gasteiger partial charge on any atom is 0.325 e. The summed E-state index contributed by atoms with van der Waals surface area (Å²) in [6.45, 7) is -1.46. The van der Waals surface area contributed by atoms with E-state index in [4.69, 9.17) is 10.5 Å². The highest BCUT2D eigenvalue weighted by Gasteiger charge is 2.49. The minimum Gasteiger partial charge on any atom is -0.476 e. The van der Waals surface area contributed by atoms with Crippen LogP contribution in [-0.2, 0) is 0 Å². The Morgan fingerprint density at radius 3 is 2.70 bits per heavy atom. The number of primary amides is 1. The third-order valence-electron chi connectivity index (χ3n) is 4.97. The molecule has 172 valence electrons. The average molecular weight is 462 g/mol. The number of alkyl halides is 2. The zero-order valence-corrected chi connectivity index (χ0v) is 16.7. The van der Waals surface area contributed by atoms with Crippen LogP contribution in [0, 0.1) is 5.92 Å². The molecule has 15 heteroatoms. The summed E-state index contributed by atoms with van der Waals surface area (Å²) in [5.74, 6) is -5.39. The number of nitrogens with two attached hydrogens (primary N) is 1. The SMILES string of the molecule is NC(=O)c1cnc(OCC2CN(c3cc(-c4c[nH]c(=O)[nH]c4=O)n[nH]c3=O)CC2(F)F)cn1. The van der Waals surface area contributed by atoms with E-state index in [1.807, 2.05) is 4.98 Å². The van der Waals surface area contributed by atoms with Gasteiger partial charge in [0.2, 0.25) is 5.88 Å². The van der Waals surface area contributed by atoms with Crippen molar-refractivity contribution in [3.63, 3.8) is 0 Å².